The number of aromatic nitrogens is 1. The van der Waals surface area contributed by atoms with Crippen LogP contribution in [0, 0.1) is 6.92 Å². The Balaban J connectivity index is 1.37. The summed E-state index contributed by atoms with van der Waals surface area (Å²) in [4.78, 5) is 21.6. The van der Waals surface area contributed by atoms with Crippen molar-refractivity contribution >= 4 is 32.6 Å². The van der Waals surface area contributed by atoms with Crippen molar-refractivity contribution in [1.82, 2.24) is 9.88 Å². The van der Waals surface area contributed by atoms with Gasteiger partial charge in [-0.25, -0.2) is 4.98 Å². The molecule has 0 radical (unpaired) electrons. The van der Waals surface area contributed by atoms with Gasteiger partial charge in [0.2, 0.25) is 5.91 Å². The second kappa shape index (κ2) is 8.19. The summed E-state index contributed by atoms with van der Waals surface area (Å²) in [5.41, 5.74) is 3.30. The minimum absolute atomic E-state index is 0.203. The van der Waals surface area contributed by atoms with Gasteiger partial charge in [0.25, 0.3) is 0 Å². The van der Waals surface area contributed by atoms with Gasteiger partial charge < -0.3 is 14.5 Å². The number of aryl methyl sites for hydroxylation is 1. The molecule has 1 fully saturated rings. The van der Waals surface area contributed by atoms with Gasteiger partial charge in [-0.1, -0.05) is 41.2 Å². The second-order valence-corrected chi connectivity index (χ2v) is 8.10. The Morgan fingerprint density at radius 1 is 1.11 bits per heavy atom. The summed E-state index contributed by atoms with van der Waals surface area (Å²) in [6, 6.07) is 14.2. The third-order valence-electron chi connectivity index (χ3n) is 5.04. The van der Waals surface area contributed by atoms with Gasteiger partial charge in [-0.2, -0.15) is 0 Å². The van der Waals surface area contributed by atoms with E-state index in [1.165, 1.54) is 5.56 Å². The van der Waals surface area contributed by atoms with Crippen molar-refractivity contribution in [3.8, 4) is 5.75 Å². The van der Waals surface area contributed by atoms with Crippen molar-refractivity contribution in [2.45, 2.75) is 20.3 Å². The van der Waals surface area contributed by atoms with E-state index in [2.05, 4.69) is 30.0 Å². The molecule has 0 unspecified atom stereocenters. The molecule has 0 bridgehead atoms. The molecular formula is C22H25N3O2S. The Bertz CT molecular complexity index is 960. The largest absolute Gasteiger partial charge is 0.494 e. The molecule has 0 N–H and O–H groups in total. The molecule has 2 heterocycles. The number of nitrogens with zero attached hydrogens (tertiary/aromatic N) is 3. The average molecular weight is 396 g/mol. The van der Waals surface area contributed by atoms with Crippen LogP contribution in [0.1, 0.15) is 18.1 Å². The Morgan fingerprint density at radius 3 is 2.57 bits per heavy atom. The summed E-state index contributed by atoms with van der Waals surface area (Å²) >= 11 is 1.69. The molecule has 1 amide bonds. The molecule has 146 valence electrons. The molecule has 1 aliphatic rings. The van der Waals surface area contributed by atoms with Crippen molar-refractivity contribution in [3.63, 3.8) is 0 Å². The summed E-state index contributed by atoms with van der Waals surface area (Å²) < 4.78 is 6.72. The topological polar surface area (TPSA) is 45.7 Å². The Hall–Kier alpha value is -2.60. The van der Waals surface area contributed by atoms with Crippen LogP contribution in [0.15, 0.2) is 42.5 Å². The van der Waals surface area contributed by atoms with Crippen LogP contribution in [0.4, 0.5) is 5.13 Å². The first-order valence-electron chi connectivity index (χ1n) is 9.74. The lowest BCUT2D eigenvalue weighted by molar-refractivity contribution is -0.130. The Kier molecular flexibility index (Phi) is 5.48. The van der Waals surface area contributed by atoms with E-state index in [4.69, 9.17) is 9.72 Å². The SMILES string of the molecule is CCOc1ccc2nc(N3CCN(C(=O)Cc4ccc(C)cc4)CC3)sc2c1. The van der Waals surface area contributed by atoms with Crippen LogP contribution in [0.25, 0.3) is 10.2 Å². The third-order valence-corrected chi connectivity index (χ3v) is 6.12. The van der Waals surface area contributed by atoms with Crippen molar-refractivity contribution in [3.05, 3.63) is 53.6 Å². The number of carbonyl (C=O) groups is 1. The van der Waals surface area contributed by atoms with Crippen LogP contribution in [0.5, 0.6) is 5.75 Å². The van der Waals surface area contributed by atoms with E-state index in [0.717, 1.165) is 52.8 Å². The maximum Gasteiger partial charge on any atom is 0.227 e. The zero-order valence-electron chi connectivity index (χ0n) is 16.4. The van der Waals surface area contributed by atoms with Crippen molar-refractivity contribution in [2.24, 2.45) is 0 Å². The Morgan fingerprint density at radius 2 is 1.86 bits per heavy atom. The van der Waals surface area contributed by atoms with Gasteiger partial charge in [0.1, 0.15) is 5.75 Å². The molecule has 1 saturated heterocycles. The summed E-state index contributed by atoms with van der Waals surface area (Å²) in [7, 11) is 0. The first-order valence-corrected chi connectivity index (χ1v) is 10.6. The van der Waals surface area contributed by atoms with Crippen LogP contribution < -0.4 is 9.64 Å². The molecule has 2 aromatic carbocycles. The number of thiazole rings is 1. The van der Waals surface area contributed by atoms with Gasteiger partial charge in [0, 0.05) is 26.2 Å². The number of anilines is 1. The van der Waals surface area contributed by atoms with Gasteiger partial charge in [-0.3, -0.25) is 4.79 Å². The molecule has 4 rings (SSSR count). The fourth-order valence-electron chi connectivity index (χ4n) is 3.42. The molecule has 1 aromatic heterocycles. The highest BCUT2D eigenvalue weighted by molar-refractivity contribution is 7.22. The number of ether oxygens (including phenoxy) is 1. The minimum atomic E-state index is 0.203. The summed E-state index contributed by atoms with van der Waals surface area (Å²) in [5.74, 6) is 1.09. The van der Waals surface area contributed by atoms with Gasteiger partial charge in [0.05, 0.1) is 23.2 Å². The van der Waals surface area contributed by atoms with E-state index >= 15 is 0 Å². The van der Waals surface area contributed by atoms with Gasteiger partial charge >= 0.3 is 0 Å². The molecule has 1 aliphatic heterocycles. The number of hydrogen-bond donors (Lipinski definition) is 0. The fraction of sp³-hybridized carbons (Fsp3) is 0.364. The van der Waals surface area contributed by atoms with Crippen LogP contribution >= 0.6 is 11.3 Å². The normalized spacial score (nSPS) is 14.5. The monoisotopic (exact) mass is 395 g/mol. The molecule has 0 saturated carbocycles. The summed E-state index contributed by atoms with van der Waals surface area (Å²) in [5, 5.41) is 1.02. The average Bonchev–Trinajstić information content (AvgIpc) is 3.13. The van der Waals surface area contributed by atoms with E-state index in [-0.39, 0.29) is 5.91 Å². The fourth-order valence-corrected chi connectivity index (χ4v) is 4.47. The van der Waals surface area contributed by atoms with E-state index in [1.54, 1.807) is 11.3 Å². The smallest absolute Gasteiger partial charge is 0.227 e. The van der Waals surface area contributed by atoms with Crippen LogP contribution in [0.3, 0.4) is 0 Å². The van der Waals surface area contributed by atoms with Gasteiger partial charge in [-0.15, -0.1) is 0 Å². The number of piperazine rings is 1. The van der Waals surface area contributed by atoms with Crippen LogP contribution in [-0.2, 0) is 11.2 Å². The molecule has 5 nitrogen and oxygen atoms in total. The maximum atomic E-state index is 12.6. The molecule has 0 aliphatic carbocycles. The molecule has 0 spiro atoms. The maximum absolute atomic E-state index is 12.6. The zero-order chi connectivity index (χ0) is 19.5. The Labute approximate surface area is 169 Å². The molecule has 3 aromatic rings. The summed E-state index contributed by atoms with van der Waals surface area (Å²) in [6.45, 7) is 7.83. The minimum Gasteiger partial charge on any atom is -0.494 e. The van der Waals surface area contributed by atoms with Crippen LogP contribution in [0.2, 0.25) is 0 Å². The van der Waals surface area contributed by atoms with Crippen LogP contribution in [-0.4, -0.2) is 48.6 Å². The van der Waals surface area contributed by atoms with Crippen molar-refractivity contribution in [1.29, 1.82) is 0 Å². The number of amides is 1. The first-order chi connectivity index (χ1) is 13.6. The predicted octanol–water partition coefficient (Wildman–Crippen LogP) is 3.89. The highest BCUT2D eigenvalue weighted by Crippen LogP contribution is 2.32. The molecular weight excluding hydrogens is 370 g/mol. The molecule has 28 heavy (non-hydrogen) atoms. The van der Waals surface area contributed by atoms with Crippen molar-refractivity contribution in [2.75, 3.05) is 37.7 Å². The molecule has 0 atom stereocenters. The number of benzene rings is 2. The van der Waals surface area contributed by atoms with Gasteiger partial charge in [-0.05, 0) is 37.6 Å². The number of rotatable bonds is 5. The first kappa shape index (κ1) is 18.7. The second-order valence-electron chi connectivity index (χ2n) is 7.09. The van der Waals surface area contributed by atoms with E-state index in [0.29, 0.717) is 13.0 Å². The van der Waals surface area contributed by atoms with E-state index in [9.17, 15) is 4.79 Å². The standard InChI is InChI=1S/C22H25N3O2S/c1-3-27-18-8-9-19-20(15-18)28-22(23-19)25-12-10-24(11-13-25)21(26)14-17-6-4-16(2)5-7-17/h4-9,15H,3,10-14H2,1-2H3. The molecule has 6 heteroatoms. The highest BCUT2D eigenvalue weighted by Gasteiger charge is 2.23. The lowest BCUT2D eigenvalue weighted by atomic mass is 10.1. The zero-order valence-corrected chi connectivity index (χ0v) is 17.2. The number of fused-ring (bicyclic) bond motifs is 1. The third kappa shape index (κ3) is 4.12. The van der Waals surface area contributed by atoms with E-state index < -0.39 is 0 Å². The highest BCUT2D eigenvalue weighted by atomic mass is 32.1. The lowest BCUT2D eigenvalue weighted by Gasteiger charge is -2.34. The van der Waals surface area contributed by atoms with Gasteiger partial charge in [0.15, 0.2) is 5.13 Å². The summed E-state index contributed by atoms with van der Waals surface area (Å²) in [6.07, 6.45) is 0.474. The number of carbonyl (C=O) groups excluding carboxylic acids is 1. The predicted molar refractivity (Wildman–Crippen MR) is 114 cm³/mol. The number of hydrogen-bond acceptors (Lipinski definition) is 5. The van der Waals surface area contributed by atoms with Crippen molar-refractivity contribution < 1.29 is 9.53 Å². The lowest BCUT2D eigenvalue weighted by Crippen LogP contribution is -2.49. The quantitative estimate of drug-likeness (QED) is 0.657. The van der Waals surface area contributed by atoms with E-state index in [1.807, 2.05) is 36.1 Å².